The first-order valence-electron chi connectivity index (χ1n) is 6.51. The van der Waals surface area contributed by atoms with Gasteiger partial charge in [0.2, 0.25) is 0 Å². The molecule has 0 saturated carbocycles. The second-order valence-corrected chi connectivity index (χ2v) is 5.04. The first-order valence-corrected chi connectivity index (χ1v) is 6.51. The van der Waals surface area contributed by atoms with Gasteiger partial charge in [0.1, 0.15) is 30.5 Å². The molecule has 12 heteroatoms. The SMILES string of the molecule is O=C(OC1(O)OC[C@@H](O)[C@H](O)[C@H]1O)C(O)C(O)C(O)C(O)CO. The zero-order valence-corrected chi connectivity index (χ0v) is 11.7. The summed E-state index contributed by atoms with van der Waals surface area (Å²) in [7, 11) is 0. The van der Waals surface area contributed by atoms with E-state index >= 15 is 0 Å². The van der Waals surface area contributed by atoms with E-state index in [-0.39, 0.29) is 0 Å². The molecule has 1 saturated heterocycles. The van der Waals surface area contributed by atoms with Gasteiger partial charge in [0.15, 0.2) is 12.2 Å². The largest absolute Gasteiger partial charge is 0.404 e. The van der Waals surface area contributed by atoms with Crippen LogP contribution in [0.15, 0.2) is 0 Å². The van der Waals surface area contributed by atoms with Crippen LogP contribution in [0, 0.1) is 0 Å². The van der Waals surface area contributed by atoms with E-state index in [1.54, 1.807) is 0 Å². The Morgan fingerprint density at radius 1 is 1.17 bits per heavy atom. The predicted molar refractivity (Wildman–Crippen MR) is 66.1 cm³/mol. The van der Waals surface area contributed by atoms with Crippen LogP contribution >= 0.6 is 0 Å². The summed E-state index contributed by atoms with van der Waals surface area (Å²) < 4.78 is 8.76. The van der Waals surface area contributed by atoms with Crippen molar-refractivity contribution in [2.45, 2.75) is 48.7 Å². The molecule has 136 valence electrons. The van der Waals surface area contributed by atoms with Crippen molar-refractivity contribution in [3.05, 3.63) is 0 Å². The van der Waals surface area contributed by atoms with E-state index < -0.39 is 67.9 Å². The summed E-state index contributed by atoms with van der Waals surface area (Å²) in [5, 5.41) is 84.0. The van der Waals surface area contributed by atoms with E-state index in [1.807, 2.05) is 0 Å². The third-order valence-corrected chi connectivity index (χ3v) is 3.30. The highest BCUT2D eigenvalue weighted by Gasteiger charge is 2.53. The fourth-order valence-corrected chi connectivity index (χ4v) is 1.77. The highest BCUT2D eigenvalue weighted by atomic mass is 16.8. The lowest BCUT2D eigenvalue weighted by molar-refractivity contribution is -0.416. The molecule has 1 aliphatic rings. The van der Waals surface area contributed by atoms with Crippen LogP contribution in [0.5, 0.6) is 0 Å². The van der Waals surface area contributed by atoms with E-state index in [0.29, 0.717) is 0 Å². The topological polar surface area (TPSA) is 218 Å². The van der Waals surface area contributed by atoms with Crippen molar-refractivity contribution in [3.63, 3.8) is 0 Å². The van der Waals surface area contributed by atoms with Gasteiger partial charge in [-0.3, -0.25) is 0 Å². The van der Waals surface area contributed by atoms with Gasteiger partial charge in [0.05, 0.1) is 13.2 Å². The molecular weight excluding hydrogens is 324 g/mol. The standard InChI is InChI=1S/C11H20O12/c12-1-3(13)5(15)7(17)8(18)10(20)23-11(21)9(19)6(16)4(14)2-22-11/h3-9,12-19,21H,1-2H2/t3?,4-,5?,6+,7?,8?,9-,11?/m1/s1. The van der Waals surface area contributed by atoms with Crippen LogP contribution in [-0.2, 0) is 14.3 Å². The predicted octanol–water partition coefficient (Wildman–Crippen LogP) is -6.28. The Kier molecular flexibility index (Phi) is 6.79. The lowest BCUT2D eigenvalue weighted by atomic mass is 10.0. The van der Waals surface area contributed by atoms with Crippen LogP contribution in [0.4, 0.5) is 0 Å². The van der Waals surface area contributed by atoms with Gasteiger partial charge < -0.3 is 55.4 Å². The average Bonchev–Trinajstić information content (AvgIpc) is 2.53. The van der Waals surface area contributed by atoms with Crippen molar-refractivity contribution in [2.24, 2.45) is 0 Å². The third-order valence-electron chi connectivity index (χ3n) is 3.30. The number of esters is 1. The third kappa shape index (κ3) is 4.33. The molecule has 1 heterocycles. The normalized spacial score (nSPS) is 36.8. The average molecular weight is 344 g/mol. The summed E-state index contributed by atoms with van der Waals surface area (Å²) in [5.41, 5.74) is 0. The maximum Gasteiger partial charge on any atom is 0.357 e. The lowest BCUT2D eigenvalue weighted by Gasteiger charge is -2.40. The van der Waals surface area contributed by atoms with Crippen molar-refractivity contribution in [1.82, 2.24) is 0 Å². The first kappa shape index (κ1) is 20.1. The molecule has 0 aromatic heterocycles. The zero-order valence-electron chi connectivity index (χ0n) is 11.7. The lowest BCUT2D eigenvalue weighted by Crippen LogP contribution is -2.63. The molecule has 1 aliphatic heterocycles. The first-order chi connectivity index (χ1) is 10.5. The Bertz CT molecular complexity index is 404. The Balaban J connectivity index is 2.74. The summed E-state index contributed by atoms with van der Waals surface area (Å²) in [4.78, 5) is 11.6. The van der Waals surface area contributed by atoms with Crippen LogP contribution in [0.25, 0.3) is 0 Å². The van der Waals surface area contributed by atoms with E-state index in [2.05, 4.69) is 9.47 Å². The van der Waals surface area contributed by atoms with Crippen molar-refractivity contribution in [2.75, 3.05) is 13.2 Å². The van der Waals surface area contributed by atoms with Gasteiger partial charge in [0.25, 0.3) is 0 Å². The summed E-state index contributed by atoms with van der Waals surface area (Å²) in [6.07, 6.45) is -14.6. The highest BCUT2D eigenvalue weighted by molar-refractivity contribution is 5.75. The Morgan fingerprint density at radius 3 is 2.26 bits per heavy atom. The van der Waals surface area contributed by atoms with Gasteiger partial charge in [-0.2, -0.15) is 0 Å². The number of hydrogen-bond acceptors (Lipinski definition) is 12. The highest BCUT2D eigenvalue weighted by Crippen LogP contribution is 2.26. The second kappa shape index (κ2) is 7.76. The van der Waals surface area contributed by atoms with Crippen molar-refractivity contribution >= 4 is 5.97 Å². The summed E-state index contributed by atoms with van der Waals surface area (Å²) in [6, 6.07) is 0. The maximum atomic E-state index is 11.6. The number of aliphatic hydroxyl groups excluding tert-OH is 8. The van der Waals surface area contributed by atoms with Gasteiger partial charge in [-0.25, -0.2) is 4.79 Å². The molecule has 0 spiro atoms. The van der Waals surface area contributed by atoms with E-state index in [1.165, 1.54) is 0 Å². The minimum Gasteiger partial charge on any atom is -0.404 e. The molecule has 9 N–H and O–H groups in total. The molecule has 23 heavy (non-hydrogen) atoms. The number of ether oxygens (including phenoxy) is 2. The maximum absolute atomic E-state index is 11.6. The molecule has 0 amide bonds. The van der Waals surface area contributed by atoms with Crippen LogP contribution in [0.1, 0.15) is 0 Å². The molecule has 0 bridgehead atoms. The van der Waals surface area contributed by atoms with E-state index in [9.17, 15) is 40.5 Å². The minimum absolute atomic E-state index is 0.716. The van der Waals surface area contributed by atoms with Crippen LogP contribution in [0.2, 0.25) is 0 Å². The van der Waals surface area contributed by atoms with Crippen molar-refractivity contribution in [1.29, 1.82) is 0 Å². The number of aliphatic hydroxyl groups is 9. The van der Waals surface area contributed by atoms with Crippen LogP contribution in [-0.4, -0.2) is 114 Å². The van der Waals surface area contributed by atoms with Gasteiger partial charge in [-0.15, -0.1) is 0 Å². The van der Waals surface area contributed by atoms with E-state index in [4.69, 9.17) is 10.2 Å². The number of carbonyl (C=O) groups is 1. The molecule has 1 rings (SSSR count). The Morgan fingerprint density at radius 2 is 1.74 bits per heavy atom. The fourth-order valence-electron chi connectivity index (χ4n) is 1.77. The molecule has 1 fully saturated rings. The second-order valence-electron chi connectivity index (χ2n) is 5.04. The number of hydrogen-bond donors (Lipinski definition) is 9. The molecule has 12 nitrogen and oxygen atoms in total. The van der Waals surface area contributed by atoms with Crippen LogP contribution < -0.4 is 0 Å². The Hall–Kier alpha value is -0.930. The summed E-state index contributed by atoms with van der Waals surface area (Å²) >= 11 is 0. The molecule has 0 aromatic rings. The Labute approximate surface area is 129 Å². The zero-order chi connectivity index (χ0) is 17.9. The van der Waals surface area contributed by atoms with Crippen LogP contribution in [0.3, 0.4) is 0 Å². The molecule has 0 aromatic carbocycles. The molecular formula is C11H20O12. The molecule has 0 radical (unpaired) electrons. The summed E-state index contributed by atoms with van der Waals surface area (Å²) in [5.74, 6) is -4.89. The fraction of sp³-hybridized carbons (Fsp3) is 0.909. The van der Waals surface area contributed by atoms with Crippen molar-refractivity contribution < 1.29 is 60.2 Å². The summed E-state index contributed by atoms with van der Waals surface area (Å²) in [6.45, 7) is -1.69. The minimum atomic E-state index is -3.11. The van der Waals surface area contributed by atoms with Gasteiger partial charge in [-0.1, -0.05) is 0 Å². The van der Waals surface area contributed by atoms with E-state index in [0.717, 1.165) is 0 Å². The number of rotatable bonds is 6. The molecule has 8 atom stereocenters. The number of carbonyl (C=O) groups excluding carboxylic acids is 1. The van der Waals surface area contributed by atoms with Crippen molar-refractivity contribution in [3.8, 4) is 0 Å². The quantitative estimate of drug-likeness (QED) is 0.162. The monoisotopic (exact) mass is 344 g/mol. The van der Waals surface area contributed by atoms with Gasteiger partial charge in [-0.05, 0) is 0 Å². The smallest absolute Gasteiger partial charge is 0.357 e. The van der Waals surface area contributed by atoms with Gasteiger partial charge in [0, 0.05) is 0 Å². The molecule has 0 aliphatic carbocycles. The molecule has 5 unspecified atom stereocenters. The van der Waals surface area contributed by atoms with Gasteiger partial charge >= 0.3 is 11.9 Å².